The molecular weight excluding hydrogens is 198 g/mol. The lowest BCUT2D eigenvalue weighted by atomic mass is 10.1. The second kappa shape index (κ2) is 4.99. The number of carbonyl (C=O) groups excluding carboxylic acids is 1. The van der Waals surface area contributed by atoms with E-state index in [2.05, 4.69) is 5.32 Å². The fourth-order valence-corrected chi connectivity index (χ4v) is 1.27. The Morgan fingerprint density at radius 1 is 1.53 bits per heavy atom. The van der Waals surface area contributed by atoms with Crippen molar-refractivity contribution in [3.05, 3.63) is 29.8 Å². The third kappa shape index (κ3) is 2.46. The third-order valence-electron chi connectivity index (χ3n) is 1.93. The number of ether oxygens (including phenoxy) is 1. The molecule has 0 bridgehead atoms. The highest BCUT2D eigenvalue weighted by molar-refractivity contribution is 5.79. The quantitative estimate of drug-likeness (QED) is 0.695. The normalized spacial score (nSPS) is 11.5. The summed E-state index contributed by atoms with van der Waals surface area (Å²) in [6.07, 6.45) is 0.352. The Morgan fingerprint density at radius 2 is 2.20 bits per heavy atom. The molecule has 0 aliphatic rings. The first-order chi connectivity index (χ1) is 7.20. The second-order valence-electron chi connectivity index (χ2n) is 2.80. The molecule has 0 spiro atoms. The number of carboxylic acids is 1. The van der Waals surface area contributed by atoms with Crippen LogP contribution in [-0.2, 0) is 9.59 Å². The molecule has 0 saturated carbocycles. The molecule has 0 fully saturated rings. The smallest absolute Gasteiger partial charge is 0.331 e. The van der Waals surface area contributed by atoms with Gasteiger partial charge in [-0.25, -0.2) is 4.79 Å². The van der Waals surface area contributed by atoms with Gasteiger partial charge in [0, 0.05) is 5.56 Å². The number of methoxy groups -OCH3 is 1. The van der Waals surface area contributed by atoms with Gasteiger partial charge in [-0.2, -0.15) is 0 Å². The first kappa shape index (κ1) is 11.0. The standard InChI is InChI=1S/C10H11NO4/c1-15-8-5-3-2-4-7(8)9(10(13)14)11-6-12/h2-6,9H,1H3,(H,11,12)(H,13,14). The van der Waals surface area contributed by atoms with E-state index in [9.17, 15) is 9.59 Å². The van der Waals surface area contributed by atoms with Crippen LogP contribution in [-0.4, -0.2) is 24.6 Å². The van der Waals surface area contributed by atoms with Gasteiger partial charge < -0.3 is 15.2 Å². The van der Waals surface area contributed by atoms with E-state index in [1.807, 2.05) is 0 Å². The average molecular weight is 209 g/mol. The molecule has 1 amide bonds. The fraction of sp³-hybridized carbons (Fsp3) is 0.200. The van der Waals surface area contributed by atoms with Gasteiger partial charge in [-0.1, -0.05) is 18.2 Å². The van der Waals surface area contributed by atoms with Crippen molar-refractivity contribution in [2.45, 2.75) is 6.04 Å². The number of carbonyl (C=O) groups is 2. The van der Waals surface area contributed by atoms with Crippen LogP contribution in [0.1, 0.15) is 11.6 Å². The molecule has 5 nitrogen and oxygen atoms in total. The molecule has 1 atom stereocenters. The topological polar surface area (TPSA) is 75.6 Å². The lowest BCUT2D eigenvalue weighted by molar-refractivity contribution is -0.140. The number of amides is 1. The van der Waals surface area contributed by atoms with Gasteiger partial charge in [0.1, 0.15) is 5.75 Å². The van der Waals surface area contributed by atoms with E-state index in [0.717, 1.165) is 0 Å². The first-order valence-electron chi connectivity index (χ1n) is 4.26. The van der Waals surface area contributed by atoms with Crippen LogP contribution < -0.4 is 10.1 Å². The molecule has 0 radical (unpaired) electrons. The fourth-order valence-electron chi connectivity index (χ4n) is 1.27. The summed E-state index contributed by atoms with van der Waals surface area (Å²) in [5, 5.41) is 11.1. The maximum atomic E-state index is 10.9. The van der Waals surface area contributed by atoms with Crippen LogP contribution in [0.5, 0.6) is 5.75 Å². The lowest BCUT2D eigenvalue weighted by Crippen LogP contribution is -2.27. The molecule has 0 saturated heterocycles. The summed E-state index contributed by atoms with van der Waals surface area (Å²) in [6.45, 7) is 0. The molecule has 1 unspecified atom stereocenters. The molecule has 2 N–H and O–H groups in total. The number of aliphatic carboxylic acids is 1. The highest BCUT2D eigenvalue weighted by atomic mass is 16.5. The highest BCUT2D eigenvalue weighted by Crippen LogP contribution is 2.24. The van der Waals surface area contributed by atoms with E-state index < -0.39 is 12.0 Å². The summed E-state index contributed by atoms with van der Waals surface area (Å²) in [5.74, 6) is -0.703. The zero-order chi connectivity index (χ0) is 11.3. The van der Waals surface area contributed by atoms with Crippen LogP contribution in [0.2, 0.25) is 0 Å². The Balaban J connectivity index is 3.09. The van der Waals surface area contributed by atoms with Crippen molar-refractivity contribution in [3.63, 3.8) is 0 Å². The van der Waals surface area contributed by atoms with Crippen molar-refractivity contribution in [1.82, 2.24) is 5.32 Å². The predicted molar refractivity (Wildman–Crippen MR) is 52.6 cm³/mol. The van der Waals surface area contributed by atoms with Crippen molar-refractivity contribution < 1.29 is 19.4 Å². The van der Waals surface area contributed by atoms with Crippen LogP contribution >= 0.6 is 0 Å². The Hall–Kier alpha value is -2.04. The summed E-state index contributed by atoms with van der Waals surface area (Å²) in [5.41, 5.74) is 0.416. The van der Waals surface area contributed by atoms with Gasteiger partial charge in [-0.3, -0.25) is 4.79 Å². The van der Waals surface area contributed by atoms with Crippen LogP contribution in [0.25, 0.3) is 0 Å². The van der Waals surface area contributed by atoms with Crippen molar-refractivity contribution in [2.24, 2.45) is 0 Å². The van der Waals surface area contributed by atoms with Gasteiger partial charge in [0.05, 0.1) is 7.11 Å². The van der Waals surface area contributed by atoms with Gasteiger partial charge in [0.2, 0.25) is 6.41 Å². The average Bonchev–Trinajstić information content (AvgIpc) is 2.25. The molecule has 5 heteroatoms. The van der Waals surface area contributed by atoms with E-state index in [4.69, 9.17) is 9.84 Å². The van der Waals surface area contributed by atoms with Gasteiger partial charge in [-0.15, -0.1) is 0 Å². The number of benzene rings is 1. The number of hydrogen-bond donors (Lipinski definition) is 2. The van der Waals surface area contributed by atoms with E-state index >= 15 is 0 Å². The van der Waals surface area contributed by atoms with Crippen LogP contribution in [0.4, 0.5) is 0 Å². The number of carboxylic acid groups (broad SMARTS) is 1. The van der Waals surface area contributed by atoms with Crippen LogP contribution in [0.3, 0.4) is 0 Å². The van der Waals surface area contributed by atoms with Crippen molar-refractivity contribution in [2.75, 3.05) is 7.11 Å². The minimum atomic E-state index is -1.13. The maximum Gasteiger partial charge on any atom is 0.331 e. The maximum absolute atomic E-state index is 10.9. The van der Waals surface area contributed by atoms with Crippen molar-refractivity contribution >= 4 is 12.4 Å². The molecule has 0 heterocycles. The predicted octanol–water partition coefficient (Wildman–Crippen LogP) is 0.567. The van der Waals surface area contributed by atoms with E-state index in [-0.39, 0.29) is 0 Å². The van der Waals surface area contributed by atoms with Gasteiger partial charge in [-0.05, 0) is 6.07 Å². The highest BCUT2D eigenvalue weighted by Gasteiger charge is 2.21. The molecule has 0 aromatic heterocycles. The Kier molecular flexibility index (Phi) is 3.68. The van der Waals surface area contributed by atoms with Gasteiger partial charge >= 0.3 is 5.97 Å². The summed E-state index contributed by atoms with van der Waals surface area (Å²) < 4.78 is 5.00. The minimum absolute atomic E-state index is 0.352. The molecule has 1 aromatic carbocycles. The molecule has 1 aromatic rings. The van der Waals surface area contributed by atoms with Crippen LogP contribution in [0.15, 0.2) is 24.3 Å². The van der Waals surface area contributed by atoms with E-state index in [1.165, 1.54) is 7.11 Å². The van der Waals surface area contributed by atoms with E-state index in [1.54, 1.807) is 24.3 Å². The Morgan fingerprint density at radius 3 is 2.73 bits per heavy atom. The Labute approximate surface area is 86.7 Å². The number of hydrogen-bond acceptors (Lipinski definition) is 3. The molecule has 0 aliphatic heterocycles. The van der Waals surface area contributed by atoms with Gasteiger partial charge in [0.25, 0.3) is 0 Å². The molecular formula is C10H11NO4. The van der Waals surface area contributed by atoms with Crippen LogP contribution in [0, 0.1) is 0 Å². The zero-order valence-electron chi connectivity index (χ0n) is 8.14. The summed E-state index contributed by atoms with van der Waals surface area (Å²) >= 11 is 0. The Bertz CT molecular complexity index is 364. The monoisotopic (exact) mass is 209 g/mol. The SMILES string of the molecule is COc1ccccc1C(NC=O)C(=O)O. The largest absolute Gasteiger partial charge is 0.496 e. The molecule has 15 heavy (non-hydrogen) atoms. The minimum Gasteiger partial charge on any atom is -0.496 e. The lowest BCUT2D eigenvalue weighted by Gasteiger charge is -2.14. The molecule has 1 rings (SSSR count). The van der Waals surface area contributed by atoms with E-state index in [0.29, 0.717) is 17.7 Å². The van der Waals surface area contributed by atoms with Crippen molar-refractivity contribution in [3.8, 4) is 5.75 Å². The van der Waals surface area contributed by atoms with Gasteiger partial charge in [0.15, 0.2) is 6.04 Å². The first-order valence-corrected chi connectivity index (χ1v) is 4.26. The number of para-hydroxylation sites is 1. The zero-order valence-corrected chi connectivity index (χ0v) is 8.14. The summed E-state index contributed by atoms with van der Waals surface area (Å²) in [7, 11) is 1.44. The molecule has 80 valence electrons. The summed E-state index contributed by atoms with van der Waals surface area (Å²) in [4.78, 5) is 21.2. The van der Waals surface area contributed by atoms with Crippen molar-refractivity contribution in [1.29, 1.82) is 0 Å². The summed E-state index contributed by atoms with van der Waals surface area (Å²) in [6, 6.07) is 5.55. The second-order valence-corrected chi connectivity index (χ2v) is 2.80. The number of nitrogens with one attached hydrogen (secondary N) is 1. The third-order valence-corrected chi connectivity index (χ3v) is 1.93. The molecule has 0 aliphatic carbocycles. The number of rotatable bonds is 5.